The molecule has 0 aliphatic heterocycles. The van der Waals surface area contributed by atoms with Crippen LogP contribution in [0.15, 0.2) is 52.0 Å². The number of hydrogen-bond acceptors (Lipinski definition) is 4. The van der Waals surface area contributed by atoms with Gasteiger partial charge in [0.2, 0.25) is 5.91 Å². The first-order valence-electron chi connectivity index (χ1n) is 6.90. The number of benzene rings is 2. The second kappa shape index (κ2) is 8.33. The smallest absolute Gasteiger partial charge is 0.244 e. The number of nitrogens with one attached hydrogen (secondary N) is 1. The summed E-state index contributed by atoms with van der Waals surface area (Å²) >= 11 is 3.40. The van der Waals surface area contributed by atoms with Crippen LogP contribution < -0.4 is 14.9 Å². The predicted molar refractivity (Wildman–Crippen MR) is 93.1 cm³/mol. The summed E-state index contributed by atoms with van der Waals surface area (Å²) in [7, 11) is 3.21. The summed E-state index contributed by atoms with van der Waals surface area (Å²) in [4.78, 5) is 11.9. The lowest BCUT2D eigenvalue weighted by molar-refractivity contribution is -0.120. The van der Waals surface area contributed by atoms with Crippen molar-refractivity contribution in [2.75, 3.05) is 14.2 Å². The molecule has 6 heteroatoms. The van der Waals surface area contributed by atoms with Gasteiger partial charge in [-0.1, -0.05) is 6.07 Å². The van der Waals surface area contributed by atoms with E-state index in [-0.39, 0.29) is 12.3 Å². The zero-order valence-electron chi connectivity index (χ0n) is 12.9. The van der Waals surface area contributed by atoms with E-state index in [1.54, 1.807) is 20.4 Å². The van der Waals surface area contributed by atoms with Crippen LogP contribution in [0, 0.1) is 0 Å². The van der Waals surface area contributed by atoms with Crippen LogP contribution in [0.2, 0.25) is 0 Å². The molecule has 0 aliphatic carbocycles. The van der Waals surface area contributed by atoms with Crippen molar-refractivity contribution in [3.05, 3.63) is 58.1 Å². The van der Waals surface area contributed by atoms with Gasteiger partial charge in [0.1, 0.15) is 11.5 Å². The Bertz CT molecular complexity index is 699. The summed E-state index contributed by atoms with van der Waals surface area (Å²) in [5.74, 6) is 1.31. The Morgan fingerprint density at radius 1 is 1.17 bits per heavy atom. The van der Waals surface area contributed by atoms with Gasteiger partial charge < -0.3 is 9.47 Å². The molecule has 5 nitrogen and oxygen atoms in total. The van der Waals surface area contributed by atoms with E-state index in [0.29, 0.717) is 0 Å². The van der Waals surface area contributed by atoms with E-state index in [2.05, 4.69) is 26.5 Å². The number of rotatable bonds is 6. The van der Waals surface area contributed by atoms with Crippen molar-refractivity contribution in [1.29, 1.82) is 0 Å². The molecule has 23 heavy (non-hydrogen) atoms. The third-order valence-electron chi connectivity index (χ3n) is 3.10. The summed E-state index contributed by atoms with van der Waals surface area (Å²) in [5.41, 5.74) is 4.25. The summed E-state index contributed by atoms with van der Waals surface area (Å²) in [5, 5.41) is 3.95. The van der Waals surface area contributed by atoms with Crippen LogP contribution in [0.4, 0.5) is 0 Å². The first-order valence-corrected chi connectivity index (χ1v) is 7.70. The molecule has 0 atom stereocenters. The van der Waals surface area contributed by atoms with Gasteiger partial charge in [0.15, 0.2) is 0 Å². The molecule has 0 heterocycles. The number of carbonyl (C=O) groups excluding carboxylic acids is 1. The van der Waals surface area contributed by atoms with Crippen molar-refractivity contribution in [2.45, 2.75) is 6.42 Å². The van der Waals surface area contributed by atoms with Crippen LogP contribution >= 0.6 is 15.9 Å². The first-order chi connectivity index (χ1) is 11.1. The molecule has 0 aromatic heterocycles. The highest BCUT2D eigenvalue weighted by Gasteiger charge is 2.05. The van der Waals surface area contributed by atoms with Gasteiger partial charge in [-0.3, -0.25) is 4.79 Å². The topological polar surface area (TPSA) is 59.9 Å². The fourth-order valence-corrected chi connectivity index (χ4v) is 2.50. The standard InChI is InChI=1S/C17H17BrN2O3/c1-22-14-6-3-12(4-7-14)11-19-20-17(21)10-13-5-8-16(23-2)15(18)9-13/h3-9,11H,10H2,1-2H3,(H,20,21)/b19-11+. The number of hydrogen-bond donors (Lipinski definition) is 1. The number of halogens is 1. The molecule has 0 unspecified atom stereocenters. The highest BCUT2D eigenvalue weighted by atomic mass is 79.9. The van der Waals surface area contributed by atoms with Crippen molar-refractivity contribution in [3.8, 4) is 11.5 Å². The molecular weight excluding hydrogens is 360 g/mol. The summed E-state index contributed by atoms with van der Waals surface area (Å²) in [6, 6.07) is 12.9. The van der Waals surface area contributed by atoms with Crippen LogP contribution in [0.5, 0.6) is 11.5 Å². The quantitative estimate of drug-likeness (QED) is 0.622. The molecule has 2 rings (SSSR count). The Balaban J connectivity index is 1.89. The van der Waals surface area contributed by atoms with E-state index < -0.39 is 0 Å². The van der Waals surface area contributed by atoms with Crippen molar-refractivity contribution in [3.63, 3.8) is 0 Å². The average Bonchev–Trinajstić information content (AvgIpc) is 2.55. The molecule has 0 spiro atoms. The van der Waals surface area contributed by atoms with E-state index in [1.165, 1.54) is 0 Å². The summed E-state index contributed by atoms with van der Waals surface area (Å²) < 4.78 is 11.0. The van der Waals surface area contributed by atoms with Gasteiger partial charge in [-0.2, -0.15) is 5.10 Å². The number of hydrazone groups is 1. The van der Waals surface area contributed by atoms with Crippen LogP contribution in [-0.4, -0.2) is 26.3 Å². The van der Waals surface area contributed by atoms with Crippen molar-refractivity contribution >= 4 is 28.1 Å². The monoisotopic (exact) mass is 376 g/mol. The maximum atomic E-state index is 11.9. The number of nitrogens with zero attached hydrogens (tertiary/aromatic N) is 1. The Morgan fingerprint density at radius 3 is 2.52 bits per heavy atom. The molecule has 0 aliphatic rings. The minimum atomic E-state index is -0.188. The molecule has 0 saturated carbocycles. The van der Waals surface area contributed by atoms with Crippen LogP contribution in [0.3, 0.4) is 0 Å². The zero-order valence-corrected chi connectivity index (χ0v) is 14.5. The Morgan fingerprint density at radius 2 is 1.91 bits per heavy atom. The second-order valence-electron chi connectivity index (χ2n) is 4.71. The van der Waals surface area contributed by atoms with Crippen molar-refractivity contribution in [2.24, 2.45) is 5.10 Å². The molecule has 1 amide bonds. The van der Waals surface area contributed by atoms with Crippen LogP contribution in [0.1, 0.15) is 11.1 Å². The predicted octanol–water partition coefficient (Wildman–Crippen LogP) is 3.16. The van der Waals surface area contributed by atoms with Gasteiger partial charge in [0, 0.05) is 0 Å². The lowest BCUT2D eigenvalue weighted by Crippen LogP contribution is -2.19. The summed E-state index contributed by atoms with van der Waals surface area (Å²) in [6.07, 6.45) is 1.82. The molecule has 0 fully saturated rings. The van der Waals surface area contributed by atoms with E-state index in [1.807, 2.05) is 42.5 Å². The lowest BCUT2D eigenvalue weighted by Gasteiger charge is -2.05. The van der Waals surface area contributed by atoms with E-state index in [4.69, 9.17) is 9.47 Å². The van der Waals surface area contributed by atoms with Gasteiger partial charge in [-0.25, -0.2) is 5.43 Å². The van der Waals surface area contributed by atoms with E-state index in [0.717, 1.165) is 27.1 Å². The maximum Gasteiger partial charge on any atom is 0.244 e. The molecule has 2 aromatic rings. The SMILES string of the molecule is COc1ccc(/C=N/NC(=O)Cc2ccc(OC)c(Br)c2)cc1. The van der Waals surface area contributed by atoms with E-state index in [9.17, 15) is 4.79 Å². The fourth-order valence-electron chi connectivity index (χ4n) is 1.91. The van der Waals surface area contributed by atoms with Gasteiger partial charge in [-0.15, -0.1) is 0 Å². The first kappa shape index (κ1) is 17.0. The third-order valence-corrected chi connectivity index (χ3v) is 3.72. The second-order valence-corrected chi connectivity index (χ2v) is 5.57. The Labute approximate surface area is 143 Å². The minimum Gasteiger partial charge on any atom is -0.497 e. The van der Waals surface area contributed by atoms with Gasteiger partial charge in [-0.05, 0) is 63.5 Å². The normalized spacial score (nSPS) is 10.6. The van der Waals surface area contributed by atoms with Crippen LogP contribution in [-0.2, 0) is 11.2 Å². The fraction of sp³-hybridized carbons (Fsp3) is 0.176. The highest BCUT2D eigenvalue weighted by molar-refractivity contribution is 9.10. The molecule has 1 N–H and O–H groups in total. The van der Waals surface area contributed by atoms with Crippen LogP contribution in [0.25, 0.3) is 0 Å². The third kappa shape index (κ3) is 5.10. The molecule has 0 saturated heterocycles. The van der Waals surface area contributed by atoms with E-state index >= 15 is 0 Å². The summed E-state index contributed by atoms with van der Waals surface area (Å²) in [6.45, 7) is 0. The highest BCUT2D eigenvalue weighted by Crippen LogP contribution is 2.25. The lowest BCUT2D eigenvalue weighted by atomic mass is 10.1. The van der Waals surface area contributed by atoms with Gasteiger partial charge in [0.25, 0.3) is 0 Å². The van der Waals surface area contributed by atoms with Gasteiger partial charge >= 0.3 is 0 Å². The molecule has 0 radical (unpaired) electrons. The van der Waals surface area contributed by atoms with Gasteiger partial charge in [0.05, 0.1) is 31.3 Å². The number of methoxy groups -OCH3 is 2. The molecular formula is C17H17BrN2O3. The number of ether oxygens (including phenoxy) is 2. The Hall–Kier alpha value is -2.34. The Kier molecular flexibility index (Phi) is 6.17. The number of carbonyl (C=O) groups is 1. The number of amides is 1. The van der Waals surface area contributed by atoms with Crippen molar-refractivity contribution < 1.29 is 14.3 Å². The largest absolute Gasteiger partial charge is 0.497 e. The molecule has 0 bridgehead atoms. The molecule has 2 aromatic carbocycles. The average molecular weight is 377 g/mol. The molecule has 120 valence electrons. The maximum absolute atomic E-state index is 11.9. The zero-order chi connectivity index (χ0) is 16.7. The minimum absolute atomic E-state index is 0.188. The van der Waals surface area contributed by atoms with Crippen molar-refractivity contribution in [1.82, 2.24) is 5.43 Å².